The number of nitrogen functional groups attached to an aromatic ring is 2. The van der Waals surface area contributed by atoms with E-state index in [2.05, 4.69) is 9.97 Å². The van der Waals surface area contributed by atoms with Crippen molar-refractivity contribution in [2.75, 3.05) is 18.6 Å². The summed E-state index contributed by atoms with van der Waals surface area (Å²) >= 11 is 0. The zero-order valence-electron chi connectivity index (χ0n) is 9.96. The summed E-state index contributed by atoms with van der Waals surface area (Å²) in [6, 6.07) is 9.09. The van der Waals surface area contributed by atoms with Crippen LogP contribution in [0.2, 0.25) is 0 Å². The summed E-state index contributed by atoms with van der Waals surface area (Å²) in [5.41, 5.74) is 12.0. The summed E-state index contributed by atoms with van der Waals surface area (Å²) in [6.45, 7) is 0.354. The van der Waals surface area contributed by atoms with Crippen molar-refractivity contribution < 1.29 is 9.47 Å². The normalized spacial score (nSPS) is 10.1. The standard InChI is InChI=1S/C12H14N4O2/c1-17-9-4-2-3-8(5-9)7-18-11-6-10(13)15-12(14)16-11/h2-6H,7H2,1H3,(H4,13,14,15,16). The van der Waals surface area contributed by atoms with Crippen LogP contribution in [0.15, 0.2) is 30.3 Å². The molecule has 0 fully saturated rings. The van der Waals surface area contributed by atoms with Gasteiger partial charge >= 0.3 is 0 Å². The molecule has 0 atom stereocenters. The maximum Gasteiger partial charge on any atom is 0.225 e. The molecule has 6 nitrogen and oxygen atoms in total. The van der Waals surface area contributed by atoms with Crippen molar-refractivity contribution in [3.05, 3.63) is 35.9 Å². The SMILES string of the molecule is COc1cccc(COc2cc(N)nc(N)n2)c1. The van der Waals surface area contributed by atoms with E-state index in [0.29, 0.717) is 12.5 Å². The van der Waals surface area contributed by atoms with Gasteiger partial charge in [-0.15, -0.1) is 0 Å². The average Bonchev–Trinajstić information content (AvgIpc) is 2.35. The van der Waals surface area contributed by atoms with Gasteiger partial charge < -0.3 is 20.9 Å². The second-order valence-electron chi connectivity index (χ2n) is 3.63. The minimum Gasteiger partial charge on any atom is -0.497 e. The molecule has 0 bridgehead atoms. The maximum atomic E-state index is 5.54. The lowest BCUT2D eigenvalue weighted by Crippen LogP contribution is -2.03. The lowest BCUT2D eigenvalue weighted by Gasteiger charge is -2.07. The van der Waals surface area contributed by atoms with Crippen molar-refractivity contribution >= 4 is 11.8 Å². The van der Waals surface area contributed by atoms with Gasteiger partial charge in [0.05, 0.1) is 7.11 Å². The highest BCUT2D eigenvalue weighted by atomic mass is 16.5. The number of aromatic nitrogens is 2. The number of nitrogens with two attached hydrogens (primary N) is 2. The Balaban J connectivity index is 2.06. The van der Waals surface area contributed by atoms with E-state index in [4.69, 9.17) is 20.9 Å². The predicted molar refractivity (Wildman–Crippen MR) is 68.2 cm³/mol. The fraction of sp³-hybridized carbons (Fsp3) is 0.167. The monoisotopic (exact) mass is 246 g/mol. The van der Waals surface area contributed by atoms with Crippen LogP contribution in [0.5, 0.6) is 11.6 Å². The molecule has 0 amide bonds. The highest BCUT2D eigenvalue weighted by Crippen LogP contribution is 2.16. The third-order valence-electron chi connectivity index (χ3n) is 2.26. The summed E-state index contributed by atoms with van der Waals surface area (Å²) < 4.78 is 10.6. The summed E-state index contributed by atoms with van der Waals surface area (Å²) in [5, 5.41) is 0. The molecule has 1 aromatic heterocycles. The Morgan fingerprint density at radius 1 is 1.17 bits per heavy atom. The third kappa shape index (κ3) is 3.00. The van der Waals surface area contributed by atoms with Crippen LogP contribution >= 0.6 is 0 Å². The van der Waals surface area contributed by atoms with Crippen LogP contribution < -0.4 is 20.9 Å². The molecule has 0 saturated heterocycles. The number of methoxy groups -OCH3 is 1. The predicted octanol–water partition coefficient (Wildman–Crippen LogP) is 1.23. The van der Waals surface area contributed by atoms with E-state index in [9.17, 15) is 0 Å². The van der Waals surface area contributed by atoms with Crippen molar-refractivity contribution in [3.8, 4) is 11.6 Å². The largest absolute Gasteiger partial charge is 0.497 e. The molecule has 0 unspecified atom stereocenters. The summed E-state index contributed by atoms with van der Waals surface area (Å²) in [5.74, 6) is 1.50. The van der Waals surface area contributed by atoms with E-state index in [0.717, 1.165) is 11.3 Å². The average molecular weight is 246 g/mol. The number of hydrogen-bond donors (Lipinski definition) is 2. The molecule has 94 valence electrons. The van der Waals surface area contributed by atoms with Crippen molar-refractivity contribution in [3.63, 3.8) is 0 Å². The first-order valence-electron chi connectivity index (χ1n) is 5.33. The Labute approximate surface area is 105 Å². The third-order valence-corrected chi connectivity index (χ3v) is 2.26. The van der Waals surface area contributed by atoms with Crippen LogP contribution in [-0.4, -0.2) is 17.1 Å². The second-order valence-corrected chi connectivity index (χ2v) is 3.63. The Morgan fingerprint density at radius 3 is 2.72 bits per heavy atom. The molecule has 0 aliphatic carbocycles. The molecular formula is C12H14N4O2. The molecule has 1 aromatic carbocycles. The molecular weight excluding hydrogens is 232 g/mol. The van der Waals surface area contributed by atoms with Crippen molar-refractivity contribution in [1.29, 1.82) is 0 Å². The molecule has 18 heavy (non-hydrogen) atoms. The Hall–Kier alpha value is -2.50. The topological polar surface area (TPSA) is 96.3 Å². The zero-order valence-corrected chi connectivity index (χ0v) is 9.96. The number of ether oxygens (including phenoxy) is 2. The van der Waals surface area contributed by atoms with E-state index in [1.165, 1.54) is 6.07 Å². The van der Waals surface area contributed by atoms with Gasteiger partial charge in [0.25, 0.3) is 0 Å². The zero-order chi connectivity index (χ0) is 13.0. The van der Waals surface area contributed by atoms with Gasteiger partial charge in [-0.05, 0) is 17.7 Å². The fourth-order valence-corrected chi connectivity index (χ4v) is 1.45. The fourth-order valence-electron chi connectivity index (χ4n) is 1.45. The quantitative estimate of drug-likeness (QED) is 0.842. The van der Waals surface area contributed by atoms with Crippen LogP contribution in [0.3, 0.4) is 0 Å². The molecule has 0 radical (unpaired) electrons. The number of hydrogen-bond acceptors (Lipinski definition) is 6. The molecule has 2 rings (SSSR count). The van der Waals surface area contributed by atoms with E-state index in [1.54, 1.807) is 7.11 Å². The second kappa shape index (κ2) is 5.22. The Bertz CT molecular complexity index is 525. The highest BCUT2D eigenvalue weighted by molar-refractivity contribution is 5.38. The van der Waals surface area contributed by atoms with E-state index in [-0.39, 0.29) is 11.8 Å². The Morgan fingerprint density at radius 2 is 2.00 bits per heavy atom. The number of nitrogens with zero attached hydrogens (tertiary/aromatic N) is 2. The minimum absolute atomic E-state index is 0.0932. The first kappa shape index (κ1) is 12.0. The van der Waals surface area contributed by atoms with Gasteiger partial charge in [0, 0.05) is 6.07 Å². The van der Waals surface area contributed by atoms with Crippen LogP contribution in [0, 0.1) is 0 Å². The van der Waals surface area contributed by atoms with Gasteiger partial charge in [-0.1, -0.05) is 12.1 Å². The molecule has 0 spiro atoms. The Kier molecular flexibility index (Phi) is 3.47. The van der Waals surface area contributed by atoms with Gasteiger partial charge in [0.2, 0.25) is 11.8 Å². The van der Waals surface area contributed by atoms with Crippen LogP contribution in [0.1, 0.15) is 5.56 Å². The van der Waals surface area contributed by atoms with Gasteiger partial charge in [-0.25, -0.2) is 0 Å². The van der Waals surface area contributed by atoms with Crippen molar-refractivity contribution in [1.82, 2.24) is 9.97 Å². The summed E-state index contributed by atoms with van der Waals surface area (Å²) in [4.78, 5) is 7.69. The van der Waals surface area contributed by atoms with Gasteiger partial charge in [-0.2, -0.15) is 9.97 Å². The lowest BCUT2D eigenvalue weighted by molar-refractivity contribution is 0.293. The van der Waals surface area contributed by atoms with E-state index < -0.39 is 0 Å². The van der Waals surface area contributed by atoms with Crippen LogP contribution in [0.4, 0.5) is 11.8 Å². The smallest absolute Gasteiger partial charge is 0.225 e. The number of benzene rings is 1. The van der Waals surface area contributed by atoms with E-state index in [1.807, 2.05) is 24.3 Å². The van der Waals surface area contributed by atoms with Crippen LogP contribution in [0.25, 0.3) is 0 Å². The van der Waals surface area contributed by atoms with E-state index >= 15 is 0 Å². The first-order chi connectivity index (χ1) is 8.67. The lowest BCUT2D eigenvalue weighted by atomic mass is 10.2. The molecule has 0 aliphatic rings. The minimum atomic E-state index is 0.0932. The maximum absolute atomic E-state index is 5.54. The van der Waals surface area contributed by atoms with Gasteiger partial charge in [0.15, 0.2) is 0 Å². The van der Waals surface area contributed by atoms with Crippen molar-refractivity contribution in [2.24, 2.45) is 0 Å². The van der Waals surface area contributed by atoms with Crippen molar-refractivity contribution in [2.45, 2.75) is 6.61 Å². The molecule has 0 aliphatic heterocycles. The molecule has 2 aromatic rings. The molecule has 1 heterocycles. The first-order valence-corrected chi connectivity index (χ1v) is 5.33. The number of rotatable bonds is 4. The summed E-state index contributed by atoms with van der Waals surface area (Å²) in [6.07, 6.45) is 0. The van der Waals surface area contributed by atoms with Crippen LogP contribution in [-0.2, 0) is 6.61 Å². The molecule has 4 N–H and O–H groups in total. The summed E-state index contributed by atoms with van der Waals surface area (Å²) in [7, 11) is 1.62. The molecule has 0 saturated carbocycles. The highest BCUT2D eigenvalue weighted by Gasteiger charge is 2.02. The molecule has 6 heteroatoms. The van der Waals surface area contributed by atoms with Gasteiger partial charge in [-0.3, -0.25) is 0 Å². The number of anilines is 2. The van der Waals surface area contributed by atoms with Gasteiger partial charge in [0.1, 0.15) is 18.2 Å².